The minimum atomic E-state index is -3.52. The highest BCUT2D eigenvalue weighted by atomic mass is 32.2. The number of nitrogens with zero attached hydrogens (tertiary/aromatic N) is 2. The summed E-state index contributed by atoms with van der Waals surface area (Å²) in [7, 11) is -1.98. The summed E-state index contributed by atoms with van der Waals surface area (Å²) in [5.41, 5.74) is 0. The smallest absolute Gasteiger partial charge is 0.243 e. The second kappa shape index (κ2) is 10.9. The molecular weight excluding hydrogens is 390 g/mol. The molecule has 1 aliphatic rings. The lowest BCUT2D eigenvalue weighted by molar-refractivity contribution is -0.123. The fraction of sp³-hybridized carbons (Fsp3) is 0.667. The Morgan fingerprint density at radius 3 is 2.24 bits per heavy atom. The van der Waals surface area contributed by atoms with Crippen LogP contribution >= 0.6 is 0 Å². The van der Waals surface area contributed by atoms with Gasteiger partial charge in [0.05, 0.1) is 18.6 Å². The molecule has 0 unspecified atom stereocenters. The van der Waals surface area contributed by atoms with Crippen molar-refractivity contribution in [1.82, 2.24) is 14.5 Å². The van der Waals surface area contributed by atoms with Crippen LogP contribution in [0.5, 0.6) is 5.75 Å². The summed E-state index contributed by atoms with van der Waals surface area (Å²) in [6.45, 7) is 8.62. The van der Waals surface area contributed by atoms with Gasteiger partial charge >= 0.3 is 0 Å². The van der Waals surface area contributed by atoms with Gasteiger partial charge < -0.3 is 10.1 Å². The van der Waals surface area contributed by atoms with Crippen LogP contribution in [0.25, 0.3) is 0 Å². The zero-order chi connectivity index (χ0) is 21.4. The lowest BCUT2D eigenvalue weighted by Crippen LogP contribution is -2.51. The number of methoxy groups -OCH3 is 1. The summed E-state index contributed by atoms with van der Waals surface area (Å²) < 4.78 is 32.2. The number of rotatable bonds is 10. The SMILES string of the molecule is COc1ccc(S(=O)(=O)N2CCN(CC(=O)N[C@@H](C)CCCC(C)C)CC2)cc1. The van der Waals surface area contributed by atoms with Crippen molar-refractivity contribution in [3.8, 4) is 5.75 Å². The van der Waals surface area contributed by atoms with Crippen molar-refractivity contribution in [2.45, 2.75) is 51.0 Å². The van der Waals surface area contributed by atoms with Crippen LogP contribution in [0.3, 0.4) is 0 Å². The summed E-state index contributed by atoms with van der Waals surface area (Å²) in [4.78, 5) is 14.6. The summed E-state index contributed by atoms with van der Waals surface area (Å²) in [5.74, 6) is 1.31. The number of sulfonamides is 1. The Labute approximate surface area is 175 Å². The van der Waals surface area contributed by atoms with Gasteiger partial charge in [0.2, 0.25) is 15.9 Å². The molecule has 0 spiro atoms. The van der Waals surface area contributed by atoms with Gasteiger partial charge in [-0.2, -0.15) is 4.31 Å². The Bertz CT molecular complexity index is 742. The average molecular weight is 426 g/mol. The molecule has 1 amide bonds. The predicted octanol–water partition coefficient (Wildman–Crippen LogP) is 2.33. The monoisotopic (exact) mass is 425 g/mol. The first-order valence-electron chi connectivity index (χ1n) is 10.4. The number of piperazine rings is 1. The zero-order valence-electron chi connectivity index (χ0n) is 18.1. The summed E-state index contributed by atoms with van der Waals surface area (Å²) in [6.07, 6.45) is 3.27. The van der Waals surface area contributed by atoms with Gasteiger partial charge in [-0.3, -0.25) is 9.69 Å². The van der Waals surface area contributed by atoms with E-state index in [1.165, 1.54) is 10.7 Å². The number of carbonyl (C=O) groups excluding carboxylic acids is 1. The molecule has 0 aromatic heterocycles. The Balaban J connectivity index is 1.78. The number of hydrogen-bond donors (Lipinski definition) is 1. The molecule has 1 saturated heterocycles. The minimum Gasteiger partial charge on any atom is -0.497 e. The maximum atomic E-state index is 12.8. The van der Waals surface area contributed by atoms with E-state index < -0.39 is 10.0 Å². The molecule has 0 bridgehead atoms. The van der Waals surface area contributed by atoms with Crippen molar-refractivity contribution >= 4 is 15.9 Å². The molecule has 0 saturated carbocycles. The van der Waals surface area contributed by atoms with Gasteiger partial charge in [-0.15, -0.1) is 0 Å². The van der Waals surface area contributed by atoms with Crippen LogP contribution in [-0.4, -0.2) is 69.4 Å². The quantitative estimate of drug-likeness (QED) is 0.622. The third kappa shape index (κ3) is 7.28. The van der Waals surface area contributed by atoms with Gasteiger partial charge in [0.15, 0.2) is 0 Å². The molecular formula is C21H35N3O4S. The molecule has 1 aromatic carbocycles. The summed E-state index contributed by atoms with van der Waals surface area (Å²) in [5, 5.41) is 3.05. The van der Waals surface area contributed by atoms with Crippen LogP contribution < -0.4 is 10.1 Å². The van der Waals surface area contributed by atoms with Crippen LogP contribution in [0.2, 0.25) is 0 Å². The van der Waals surface area contributed by atoms with Crippen LogP contribution in [0, 0.1) is 5.92 Å². The van der Waals surface area contributed by atoms with E-state index in [-0.39, 0.29) is 16.8 Å². The van der Waals surface area contributed by atoms with E-state index in [0.717, 1.165) is 12.8 Å². The standard InChI is InChI=1S/C21H35N3O4S/c1-17(2)6-5-7-18(3)22-21(25)16-23-12-14-24(15-13-23)29(26,27)20-10-8-19(28-4)9-11-20/h8-11,17-18H,5-7,12-16H2,1-4H3,(H,22,25)/t18-/m0/s1. The Morgan fingerprint density at radius 2 is 1.69 bits per heavy atom. The van der Waals surface area contributed by atoms with Gasteiger partial charge in [0, 0.05) is 32.2 Å². The van der Waals surface area contributed by atoms with E-state index in [1.807, 2.05) is 11.8 Å². The second-order valence-corrected chi connectivity index (χ2v) is 10.1. The van der Waals surface area contributed by atoms with Gasteiger partial charge in [-0.1, -0.05) is 26.7 Å². The highest BCUT2D eigenvalue weighted by Crippen LogP contribution is 2.20. The van der Waals surface area contributed by atoms with E-state index in [4.69, 9.17) is 4.74 Å². The van der Waals surface area contributed by atoms with Gasteiger partial charge in [-0.05, 0) is 43.5 Å². The topological polar surface area (TPSA) is 79.0 Å². The molecule has 1 fully saturated rings. The van der Waals surface area contributed by atoms with Gasteiger partial charge in [-0.25, -0.2) is 8.42 Å². The fourth-order valence-corrected chi connectivity index (χ4v) is 4.87. The molecule has 164 valence electrons. The first-order chi connectivity index (χ1) is 13.7. The Morgan fingerprint density at radius 1 is 1.07 bits per heavy atom. The van der Waals surface area contributed by atoms with Crippen molar-refractivity contribution in [2.75, 3.05) is 39.8 Å². The van der Waals surface area contributed by atoms with E-state index in [2.05, 4.69) is 19.2 Å². The number of carbonyl (C=O) groups is 1. The predicted molar refractivity (Wildman–Crippen MR) is 114 cm³/mol. The molecule has 1 N–H and O–H groups in total. The van der Waals surface area contributed by atoms with Gasteiger partial charge in [0.25, 0.3) is 0 Å². The van der Waals surface area contributed by atoms with Crippen molar-refractivity contribution in [3.63, 3.8) is 0 Å². The highest BCUT2D eigenvalue weighted by molar-refractivity contribution is 7.89. The number of benzene rings is 1. The van der Waals surface area contributed by atoms with Crippen LogP contribution in [0.1, 0.15) is 40.0 Å². The molecule has 1 aromatic rings. The fourth-order valence-electron chi connectivity index (χ4n) is 3.45. The van der Waals surface area contributed by atoms with Crippen molar-refractivity contribution in [2.24, 2.45) is 5.92 Å². The first kappa shape index (κ1) is 23.6. The maximum Gasteiger partial charge on any atom is 0.243 e. The molecule has 1 aliphatic heterocycles. The van der Waals surface area contributed by atoms with E-state index in [9.17, 15) is 13.2 Å². The van der Waals surface area contributed by atoms with Crippen molar-refractivity contribution in [1.29, 1.82) is 0 Å². The average Bonchev–Trinajstić information content (AvgIpc) is 2.68. The van der Waals surface area contributed by atoms with Crippen LogP contribution in [0.15, 0.2) is 29.2 Å². The van der Waals surface area contributed by atoms with Crippen LogP contribution in [-0.2, 0) is 14.8 Å². The molecule has 1 heterocycles. The lowest BCUT2D eigenvalue weighted by atomic mass is 10.0. The van der Waals surface area contributed by atoms with E-state index in [1.54, 1.807) is 31.4 Å². The largest absolute Gasteiger partial charge is 0.497 e. The molecule has 8 heteroatoms. The third-order valence-electron chi connectivity index (χ3n) is 5.22. The molecule has 7 nitrogen and oxygen atoms in total. The Hall–Kier alpha value is -1.64. The molecule has 0 aliphatic carbocycles. The van der Waals surface area contributed by atoms with Crippen molar-refractivity contribution in [3.05, 3.63) is 24.3 Å². The van der Waals surface area contributed by atoms with E-state index in [0.29, 0.717) is 44.4 Å². The summed E-state index contributed by atoms with van der Waals surface area (Å²) in [6, 6.07) is 6.59. The zero-order valence-corrected chi connectivity index (χ0v) is 18.9. The number of ether oxygens (including phenoxy) is 1. The Kier molecular flexibility index (Phi) is 8.92. The molecule has 29 heavy (non-hydrogen) atoms. The van der Waals surface area contributed by atoms with E-state index >= 15 is 0 Å². The maximum absolute atomic E-state index is 12.8. The lowest BCUT2D eigenvalue weighted by Gasteiger charge is -2.33. The number of hydrogen-bond acceptors (Lipinski definition) is 5. The van der Waals surface area contributed by atoms with Crippen molar-refractivity contribution < 1.29 is 17.9 Å². The van der Waals surface area contributed by atoms with Crippen LogP contribution in [0.4, 0.5) is 0 Å². The molecule has 1 atom stereocenters. The number of nitrogens with one attached hydrogen (secondary N) is 1. The third-order valence-corrected chi connectivity index (χ3v) is 7.13. The van der Waals surface area contributed by atoms with Gasteiger partial charge in [0.1, 0.15) is 5.75 Å². The molecule has 0 radical (unpaired) electrons. The minimum absolute atomic E-state index is 0.00788. The second-order valence-electron chi connectivity index (χ2n) is 8.15. The summed E-state index contributed by atoms with van der Waals surface area (Å²) >= 11 is 0. The normalized spacial score (nSPS) is 17.3. The number of amides is 1. The first-order valence-corrected chi connectivity index (χ1v) is 11.8. The molecule has 2 rings (SSSR count). The highest BCUT2D eigenvalue weighted by Gasteiger charge is 2.29.